The number of pyridine rings is 1. The Morgan fingerprint density at radius 3 is 2.08 bits per heavy atom. The van der Waals surface area contributed by atoms with E-state index in [9.17, 15) is 0 Å². The van der Waals surface area contributed by atoms with Crippen molar-refractivity contribution < 1.29 is 30.0 Å². The Balaban J connectivity index is 0.000000140. The molecule has 9 nitrogen and oxygen atoms in total. The molecule has 0 aliphatic rings. The largest absolute Gasteiger partial charge is 0.516 e. The molecular weight excluding hydrogens is 1120 g/mol. The van der Waals surface area contributed by atoms with Crippen molar-refractivity contribution in [3.8, 4) is 22.9 Å². The molecule has 0 amide bonds. The Bertz CT molecular complexity index is 4920. The Hall–Kier alpha value is -9.04. The fourth-order valence-electron chi connectivity index (χ4n) is 11.3. The van der Waals surface area contributed by atoms with Crippen molar-refractivity contribution in [2.45, 2.75) is 33.1 Å². The van der Waals surface area contributed by atoms with E-state index in [2.05, 4.69) is 244 Å². The van der Waals surface area contributed by atoms with Crippen LogP contribution in [0.1, 0.15) is 31.9 Å². The number of H-pyrrole nitrogens is 1. The number of hydrogen-bond donors (Lipinski definition) is 1. The second kappa shape index (κ2) is 17.3. The molecule has 76 heavy (non-hydrogen) atoms. The van der Waals surface area contributed by atoms with Crippen molar-refractivity contribution in [1.82, 2.24) is 33.1 Å². The summed E-state index contributed by atoms with van der Waals surface area (Å²) in [5.41, 5.74) is 17.9. The maximum absolute atomic E-state index is 6.07. The summed E-state index contributed by atoms with van der Waals surface area (Å²) in [5.74, 6) is 1.71. The summed E-state index contributed by atoms with van der Waals surface area (Å²) >= 11 is 0. The van der Waals surface area contributed by atoms with Gasteiger partial charge in [0, 0.05) is 54.5 Å². The fourth-order valence-corrected chi connectivity index (χ4v) is 11.3. The molecular formula is C66H46N8OPt-2. The van der Waals surface area contributed by atoms with Crippen LogP contribution in [0.3, 0.4) is 0 Å². The van der Waals surface area contributed by atoms with Crippen LogP contribution in [0.2, 0.25) is 0 Å². The third kappa shape index (κ3) is 6.92. The van der Waals surface area contributed by atoms with E-state index in [4.69, 9.17) is 14.4 Å². The number of imidazole rings is 3. The van der Waals surface area contributed by atoms with Gasteiger partial charge >= 0.3 is 0 Å². The standard InChI is InChI=1S/C37H22N3O.C29H24N5.Pt/c1-4-14-30-26(11-1)27-12-2-5-15-31(27)40(30)35-19-9-8-18-34(35)39-24-38(32-16-6-7-17-33(32)39)25-21-22-37-29(23-25)28-13-3-10-20-36(28)41-37;1-17-8-7-11-23-27(17)32-28-33(23)24-15-20-19-9-5-6-10-21(19)31-22(20)16-25(24)34(28)26-14-18(12-13-30-26)29(2,3)4;/h1-20,22-23H;5-15,31H,1-4H3;/q2*-1;. The molecule has 7 aromatic heterocycles. The number of para-hydroxylation sites is 9. The number of nitrogens with one attached hydrogen (secondary N) is 1. The molecule has 0 saturated heterocycles. The van der Waals surface area contributed by atoms with Gasteiger partial charge in [0.1, 0.15) is 11.4 Å². The summed E-state index contributed by atoms with van der Waals surface area (Å²) in [6.07, 6.45) is 5.58. The first kappa shape index (κ1) is 45.6. The SMILES string of the molecule is Cc1cccc2c1nc1n(-c3cc(C(C)(C)C)ccn3)c3[c-]c4[nH]c5ccccc5c4cc3n21.[Pt].[c-]1cc2oc3ccccc3c2cc1-n1[c-][n+](-c2ccccc2-n2c3ccccc3c3ccccc32)c2ccccc21. The van der Waals surface area contributed by atoms with Gasteiger partial charge in [-0.3, -0.25) is 9.13 Å². The predicted molar refractivity (Wildman–Crippen MR) is 303 cm³/mol. The van der Waals surface area contributed by atoms with Crippen molar-refractivity contribution in [3.63, 3.8) is 0 Å². The summed E-state index contributed by atoms with van der Waals surface area (Å²) in [4.78, 5) is 13.5. The summed E-state index contributed by atoms with van der Waals surface area (Å²) in [6, 6.07) is 74.9. The van der Waals surface area contributed by atoms with Crippen LogP contribution in [0.4, 0.5) is 0 Å². The third-order valence-corrected chi connectivity index (χ3v) is 14.9. The number of nitrogens with zero attached hydrogens (tertiary/aromatic N) is 7. The molecule has 7 heterocycles. The van der Waals surface area contributed by atoms with Gasteiger partial charge in [0.25, 0.3) is 6.33 Å². The first-order chi connectivity index (χ1) is 36.7. The Labute approximate surface area is 450 Å². The van der Waals surface area contributed by atoms with Crippen LogP contribution in [0.15, 0.2) is 205 Å². The Morgan fingerprint density at radius 1 is 0.592 bits per heavy atom. The van der Waals surface area contributed by atoms with Gasteiger partial charge in [-0.25, -0.2) is 9.97 Å². The molecule has 16 rings (SSSR count). The van der Waals surface area contributed by atoms with E-state index < -0.39 is 0 Å². The van der Waals surface area contributed by atoms with Crippen LogP contribution in [0.25, 0.3) is 127 Å². The maximum atomic E-state index is 6.07. The van der Waals surface area contributed by atoms with Gasteiger partial charge in [-0.2, -0.15) is 6.07 Å². The van der Waals surface area contributed by atoms with Gasteiger partial charge in [-0.15, -0.1) is 29.7 Å². The molecule has 10 heteroatoms. The van der Waals surface area contributed by atoms with E-state index >= 15 is 0 Å². The predicted octanol–water partition coefficient (Wildman–Crippen LogP) is 15.4. The van der Waals surface area contributed by atoms with Crippen molar-refractivity contribution in [3.05, 3.63) is 230 Å². The van der Waals surface area contributed by atoms with Gasteiger partial charge in [-0.1, -0.05) is 153 Å². The molecule has 0 bridgehead atoms. The van der Waals surface area contributed by atoms with Crippen LogP contribution in [0, 0.1) is 25.4 Å². The normalized spacial score (nSPS) is 12.1. The number of benzene rings is 9. The number of fused-ring (bicyclic) bond motifs is 15. The van der Waals surface area contributed by atoms with E-state index in [0.717, 1.165) is 106 Å². The molecule has 0 aliphatic carbocycles. The first-order valence-corrected chi connectivity index (χ1v) is 25.3. The van der Waals surface area contributed by atoms with Crippen molar-refractivity contribution in [2.24, 2.45) is 0 Å². The molecule has 0 saturated carbocycles. The van der Waals surface area contributed by atoms with E-state index in [-0.39, 0.29) is 26.5 Å². The molecule has 9 aromatic carbocycles. The Morgan fingerprint density at radius 2 is 1.28 bits per heavy atom. The molecule has 368 valence electrons. The number of aromatic nitrogens is 8. The van der Waals surface area contributed by atoms with Crippen LogP contribution in [0.5, 0.6) is 0 Å². The number of hydrogen-bond acceptors (Lipinski definition) is 3. The number of aryl methyl sites for hydroxylation is 1. The van der Waals surface area contributed by atoms with Crippen LogP contribution in [-0.4, -0.2) is 33.1 Å². The minimum Gasteiger partial charge on any atom is -0.516 e. The van der Waals surface area contributed by atoms with E-state index in [0.29, 0.717) is 0 Å². The minimum atomic E-state index is 0. The monoisotopic (exact) mass is 1160 g/mol. The second-order valence-corrected chi connectivity index (χ2v) is 20.5. The van der Waals surface area contributed by atoms with Gasteiger partial charge < -0.3 is 22.9 Å². The summed E-state index contributed by atoms with van der Waals surface area (Å²) in [7, 11) is 0. The molecule has 1 N–H and O–H groups in total. The van der Waals surface area contributed by atoms with E-state index in [1.807, 2.05) is 30.5 Å². The smallest absolute Gasteiger partial charge is 0.268 e. The molecule has 0 spiro atoms. The minimum absolute atomic E-state index is 0. The molecule has 0 unspecified atom stereocenters. The van der Waals surface area contributed by atoms with E-state index in [1.165, 1.54) is 32.8 Å². The zero-order valence-corrected chi connectivity index (χ0v) is 44.2. The van der Waals surface area contributed by atoms with Crippen LogP contribution >= 0.6 is 0 Å². The van der Waals surface area contributed by atoms with Gasteiger partial charge in [0.2, 0.25) is 5.78 Å². The molecule has 0 atom stereocenters. The Kier molecular flexibility index (Phi) is 10.4. The van der Waals surface area contributed by atoms with Crippen LogP contribution < -0.4 is 4.57 Å². The van der Waals surface area contributed by atoms with Crippen molar-refractivity contribution in [2.75, 3.05) is 0 Å². The topological polar surface area (TPSA) is 77.8 Å². The molecule has 16 aromatic rings. The molecule has 0 radical (unpaired) electrons. The molecule has 0 fully saturated rings. The molecule has 0 aliphatic heterocycles. The van der Waals surface area contributed by atoms with Gasteiger partial charge in [-0.05, 0) is 100 Å². The van der Waals surface area contributed by atoms with Crippen molar-refractivity contribution >= 4 is 104 Å². The van der Waals surface area contributed by atoms with E-state index in [1.54, 1.807) is 0 Å². The van der Waals surface area contributed by atoms with Gasteiger partial charge in [0.05, 0.1) is 44.5 Å². The average molecular weight is 1160 g/mol. The summed E-state index contributed by atoms with van der Waals surface area (Å²) in [5, 5.41) is 7.00. The van der Waals surface area contributed by atoms with Crippen molar-refractivity contribution in [1.29, 1.82) is 0 Å². The zero-order valence-electron chi connectivity index (χ0n) is 41.9. The van der Waals surface area contributed by atoms with Gasteiger partial charge in [0.15, 0.2) is 0 Å². The number of aromatic amines is 1. The fraction of sp³-hybridized carbons (Fsp3) is 0.0758. The number of rotatable bonds is 4. The van der Waals surface area contributed by atoms with Crippen LogP contribution in [-0.2, 0) is 26.5 Å². The second-order valence-electron chi connectivity index (χ2n) is 20.5. The third-order valence-electron chi connectivity index (χ3n) is 14.9. The zero-order chi connectivity index (χ0) is 50.1. The first-order valence-electron chi connectivity index (χ1n) is 25.3. The number of furan rings is 1. The quantitative estimate of drug-likeness (QED) is 0.141. The average Bonchev–Trinajstić information content (AvgIpc) is 4.34. The maximum Gasteiger partial charge on any atom is 0.268 e. The summed E-state index contributed by atoms with van der Waals surface area (Å²) < 4.78 is 17.1. The summed E-state index contributed by atoms with van der Waals surface area (Å²) in [6.45, 7) is 8.79.